The van der Waals surface area contributed by atoms with Crippen LogP contribution in [-0.2, 0) is 11.2 Å². The highest BCUT2D eigenvalue weighted by Crippen LogP contribution is 2.29. The maximum Gasteiger partial charge on any atom is 0.239 e. The van der Waals surface area contributed by atoms with E-state index in [1.165, 1.54) is 16.7 Å². The fourth-order valence-electron chi connectivity index (χ4n) is 4.48. The van der Waals surface area contributed by atoms with Gasteiger partial charge in [-0.1, -0.05) is 84.9 Å². The zero-order chi connectivity index (χ0) is 21.6. The Kier molecular flexibility index (Phi) is 6.80. The number of rotatable bonds is 6. The molecule has 0 bridgehead atoms. The third-order valence-corrected chi connectivity index (χ3v) is 6.24. The fraction of sp³-hybridized carbons (Fsp3) is 0.296. The van der Waals surface area contributed by atoms with E-state index < -0.39 is 6.04 Å². The van der Waals surface area contributed by atoms with Crippen molar-refractivity contribution in [2.24, 2.45) is 5.73 Å². The molecule has 1 aliphatic rings. The lowest BCUT2D eigenvalue weighted by atomic mass is 9.96. The monoisotopic (exact) mass is 413 g/mol. The summed E-state index contributed by atoms with van der Waals surface area (Å²) in [6.07, 6.45) is 0.586. The molecular formula is C27H31N3O. The van der Waals surface area contributed by atoms with E-state index in [9.17, 15) is 4.79 Å². The molecule has 1 aliphatic heterocycles. The molecule has 4 nitrogen and oxygen atoms in total. The average molecular weight is 414 g/mol. The molecule has 1 atom stereocenters. The molecule has 1 fully saturated rings. The normalized spacial score (nSPS) is 15.8. The minimum atomic E-state index is -0.494. The minimum Gasteiger partial charge on any atom is -0.339 e. The van der Waals surface area contributed by atoms with E-state index in [1.807, 2.05) is 17.0 Å². The van der Waals surface area contributed by atoms with Crippen molar-refractivity contribution in [3.8, 4) is 0 Å². The van der Waals surface area contributed by atoms with Crippen LogP contribution in [0.4, 0.5) is 0 Å². The van der Waals surface area contributed by atoms with E-state index in [1.54, 1.807) is 0 Å². The molecule has 4 rings (SSSR count). The Bertz CT molecular complexity index is 942. The number of piperazine rings is 1. The number of nitrogens with zero attached hydrogens (tertiary/aromatic N) is 2. The molecule has 1 unspecified atom stereocenters. The standard InChI is InChI=1S/C27H31N3O/c1-21-10-8-9-15-24(21)20-25(28)27(31)30-18-16-29(17-19-30)26(22-11-4-2-5-12-22)23-13-6-3-7-14-23/h2-15,25-26H,16-20,28H2,1H3. The van der Waals surface area contributed by atoms with Gasteiger partial charge in [-0.3, -0.25) is 9.69 Å². The van der Waals surface area contributed by atoms with Crippen LogP contribution < -0.4 is 5.73 Å². The van der Waals surface area contributed by atoms with Crippen LogP contribution in [0.3, 0.4) is 0 Å². The molecule has 160 valence electrons. The topological polar surface area (TPSA) is 49.6 Å². The summed E-state index contributed by atoms with van der Waals surface area (Å²) in [5.41, 5.74) is 11.2. The van der Waals surface area contributed by atoms with Gasteiger partial charge in [0.25, 0.3) is 0 Å². The fourth-order valence-corrected chi connectivity index (χ4v) is 4.48. The Morgan fingerprint density at radius 3 is 1.87 bits per heavy atom. The second-order valence-corrected chi connectivity index (χ2v) is 8.32. The smallest absolute Gasteiger partial charge is 0.239 e. The first-order chi connectivity index (χ1) is 15.1. The molecule has 1 amide bonds. The second kappa shape index (κ2) is 9.90. The third kappa shape index (κ3) is 5.04. The van der Waals surface area contributed by atoms with Crippen molar-refractivity contribution in [1.82, 2.24) is 9.80 Å². The number of amides is 1. The lowest BCUT2D eigenvalue weighted by molar-refractivity contribution is -0.134. The molecule has 0 saturated carbocycles. The SMILES string of the molecule is Cc1ccccc1CC(N)C(=O)N1CCN(C(c2ccccc2)c2ccccc2)CC1. The number of carbonyl (C=O) groups excluding carboxylic acids is 1. The zero-order valence-electron chi connectivity index (χ0n) is 18.2. The van der Waals surface area contributed by atoms with Crippen molar-refractivity contribution in [3.63, 3.8) is 0 Å². The van der Waals surface area contributed by atoms with Crippen LogP contribution in [0.1, 0.15) is 28.3 Å². The summed E-state index contributed by atoms with van der Waals surface area (Å²) < 4.78 is 0. The molecule has 0 spiro atoms. The van der Waals surface area contributed by atoms with Crippen molar-refractivity contribution >= 4 is 5.91 Å². The van der Waals surface area contributed by atoms with E-state index >= 15 is 0 Å². The van der Waals surface area contributed by atoms with Gasteiger partial charge in [-0.25, -0.2) is 0 Å². The predicted octanol–water partition coefficient (Wildman–Crippen LogP) is 3.80. The molecule has 0 radical (unpaired) electrons. The Labute approximate surface area is 185 Å². The highest BCUT2D eigenvalue weighted by atomic mass is 16.2. The average Bonchev–Trinajstić information content (AvgIpc) is 2.82. The van der Waals surface area contributed by atoms with E-state index in [-0.39, 0.29) is 11.9 Å². The number of carbonyl (C=O) groups is 1. The van der Waals surface area contributed by atoms with E-state index in [4.69, 9.17) is 5.73 Å². The molecular weight excluding hydrogens is 382 g/mol. The molecule has 0 aromatic heterocycles. The van der Waals surface area contributed by atoms with E-state index in [0.29, 0.717) is 19.5 Å². The van der Waals surface area contributed by atoms with E-state index in [2.05, 4.69) is 84.6 Å². The summed E-state index contributed by atoms with van der Waals surface area (Å²) in [5, 5.41) is 0. The maximum atomic E-state index is 13.0. The Morgan fingerprint density at radius 2 is 1.32 bits per heavy atom. The van der Waals surface area contributed by atoms with Gasteiger partial charge in [0.15, 0.2) is 0 Å². The molecule has 4 heteroatoms. The van der Waals surface area contributed by atoms with Crippen LogP contribution in [0.25, 0.3) is 0 Å². The Balaban J connectivity index is 1.43. The van der Waals surface area contributed by atoms with Gasteiger partial charge in [-0.15, -0.1) is 0 Å². The zero-order valence-corrected chi connectivity index (χ0v) is 18.2. The maximum absolute atomic E-state index is 13.0. The summed E-state index contributed by atoms with van der Waals surface area (Å²) in [6, 6.07) is 29.1. The molecule has 2 N–H and O–H groups in total. The number of hydrogen-bond acceptors (Lipinski definition) is 3. The first kappa shape index (κ1) is 21.3. The second-order valence-electron chi connectivity index (χ2n) is 8.32. The van der Waals surface area contributed by atoms with Gasteiger partial charge in [0, 0.05) is 26.2 Å². The number of nitrogens with two attached hydrogens (primary N) is 1. The lowest BCUT2D eigenvalue weighted by Gasteiger charge is -2.40. The first-order valence-electron chi connectivity index (χ1n) is 11.1. The van der Waals surface area contributed by atoms with Gasteiger partial charge in [0.1, 0.15) is 0 Å². The van der Waals surface area contributed by atoms with Crippen molar-refractivity contribution < 1.29 is 4.79 Å². The Hall–Kier alpha value is -2.95. The van der Waals surface area contributed by atoms with Gasteiger partial charge in [-0.2, -0.15) is 0 Å². The van der Waals surface area contributed by atoms with Crippen molar-refractivity contribution in [2.45, 2.75) is 25.4 Å². The molecule has 1 saturated heterocycles. The quantitative estimate of drug-likeness (QED) is 0.669. The van der Waals surface area contributed by atoms with Crippen molar-refractivity contribution in [3.05, 3.63) is 107 Å². The van der Waals surface area contributed by atoms with Crippen LogP contribution in [0.15, 0.2) is 84.9 Å². The summed E-state index contributed by atoms with van der Waals surface area (Å²) >= 11 is 0. The van der Waals surface area contributed by atoms with Crippen molar-refractivity contribution in [1.29, 1.82) is 0 Å². The predicted molar refractivity (Wildman–Crippen MR) is 126 cm³/mol. The third-order valence-electron chi connectivity index (χ3n) is 6.24. The van der Waals surface area contributed by atoms with Gasteiger partial charge >= 0.3 is 0 Å². The minimum absolute atomic E-state index is 0.0545. The molecule has 31 heavy (non-hydrogen) atoms. The summed E-state index contributed by atoms with van der Waals surface area (Å²) in [7, 11) is 0. The number of benzene rings is 3. The van der Waals surface area contributed by atoms with Crippen molar-refractivity contribution in [2.75, 3.05) is 26.2 Å². The molecule has 1 heterocycles. The molecule has 3 aromatic carbocycles. The highest BCUT2D eigenvalue weighted by Gasteiger charge is 2.30. The van der Waals surface area contributed by atoms with Crippen LogP contribution in [0.2, 0.25) is 0 Å². The Morgan fingerprint density at radius 1 is 0.806 bits per heavy atom. The first-order valence-corrected chi connectivity index (χ1v) is 11.1. The van der Waals surface area contributed by atoms with Crippen LogP contribution in [-0.4, -0.2) is 47.9 Å². The lowest BCUT2D eigenvalue weighted by Crippen LogP contribution is -2.54. The highest BCUT2D eigenvalue weighted by molar-refractivity contribution is 5.82. The summed E-state index contributed by atoms with van der Waals surface area (Å²) in [4.78, 5) is 17.4. The van der Waals surface area contributed by atoms with Gasteiger partial charge in [0.2, 0.25) is 5.91 Å². The summed E-state index contributed by atoms with van der Waals surface area (Å²) in [6.45, 7) is 5.14. The molecule has 3 aromatic rings. The number of hydrogen-bond donors (Lipinski definition) is 1. The van der Waals surface area contributed by atoms with Gasteiger partial charge in [0.05, 0.1) is 12.1 Å². The van der Waals surface area contributed by atoms with Crippen LogP contribution >= 0.6 is 0 Å². The largest absolute Gasteiger partial charge is 0.339 e. The van der Waals surface area contributed by atoms with Gasteiger partial charge < -0.3 is 10.6 Å². The van der Waals surface area contributed by atoms with E-state index in [0.717, 1.165) is 18.7 Å². The summed E-state index contributed by atoms with van der Waals surface area (Å²) in [5.74, 6) is 0.0545. The van der Waals surface area contributed by atoms with Crippen LogP contribution in [0.5, 0.6) is 0 Å². The molecule has 0 aliphatic carbocycles. The number of aryl methyl sites for hydroxylation is 1. The van der Waals surface area contributed by atoms with Gasteiger partial charge in [-0.05, 0) is 35.6 Å². The van der Waals surface area contributed by atoms with Crippen LogP contribution in [0, 0.1) is 6.92 Å².